The highest BCUT2D eigenvalue weighted by molar-refractivity contribution is 6.31. The van der Waals surface area contributed by atoms with E-state index in [1.165, 1.54) is 71.0 Å². The van der Waals surface area contributed by atoms with E-state index < -0.39 is 0 Å². The van der Waals surface area contributed by atoms with Crippen molar-refractivity contribution in [2.45, 2.75) is 64.2 Å². The standard InChI is InChI=1S/C34H35Cl/c1-4-5-6-26-8-11-28(12-9-26)29-15-13-27(14-16-29)25(3)34(21-22-34)32-19-17-30(18-20-32)31-10-7-24(2)33(35)23-31/h7-20,23,25H,4-6,21-22H2,1-3H3. The van der Waals surface area contributed by atoms with Gasteiger partial charge in [0.2, 0.25) is 0 Å². The van der Waals surface area contributed by atoms with E-state index in [1.807, 2.05) is 6.92 Å². The summed E-state index contributed by atoms with van der Waals surface area (Å²) in [6, 6.07) is 33.9. The number of benzene rings is 4. The third-order valence-corrected chi connectivity index (χ3v) is 8.51. The minimum atomic E-state index is 0.256. The molecule has 0 heterocycles. The molecule has 1 aliphatic rings. The van der Waals surface area contributed by atoms with Crippen LogP contribution in [0.15, 0.2) is 91.0 Å². The summed E-state index contributed by atoms with van der Waals surface area (Å²) < 4.78 is 0. The van der Waals surface area contributed by atoms with Crippen molar-refractivity contribution in [2.24, 2.45) is 0 Å². The lowest BCUT2D eigenvalue weighted by atomic mass is 9.79. The normalized spacial score (nSPS) is 15.1. The Balaban J connectivity index is 1.31. The van der Waals surface area contributed by atoms with Crippen LogP contribution in [0.25, 0.3) is 22.3 Å². The fourth-order valence-electron chi connectivity index (χ4n) is 5.40. The van der Waals surface area contributed by atoms with Crippen LogP contribution in [0.3, 0.4) is 0 Å². The SMILES string of the molecule is CCCCc1ccc(-c2ccc(C(C)C3(c4ccc(-c5ccc(C)c(Cl)c5)cc4)CC3)cc2)cc1. The third-order valence-electron chi connectivity index (χ3n) is 8.10. The Morgan fingerprint density at radius 2 is 1.29 bits per heavy atom. The van der Waals surface area contributed by atoms with Gasteiger partial charge in [0, 0.05) is 10.4 Å². The topological polar surface area (TPSA) is 0 Å². The van der Waals surface area contributed by atoms with Gasteiger partial charge in [-0.15, -0.1) is 0 Å². The van der Waals surface area contributed by atoms with Gasteiger partial charge in [-0.2, -0.15) is 0 Å². The zero-order valence-corrected chi connectivity index (χ0v) is 21.9. The molecular formula is C34H35Cl. The van der Waals surface area contributed by atoms with Crippen LogP contribution >= 0.6 is 11.6 Å². The number of hydrogen-bond acceptors (Lipinski definition) is 0. The Labute approximate surface area is 216 Å². The predicted octanol–water partition coefficient (Wildman–Crippen LogP) is 10.2. The van der Waals surface area contributed by atoms with Crippen LogP contribution in [-0.2, 0) is 11.8 Å². The fraction of sp³-hybridized carbons (Fsp3) is 0.294. The summed E-state index contributed by atoms with van der Waals surface area (Å²) in [5, 5.41) is 0.828. The van der Waals surface area contributed by atoms with Gasteiger partial charge in [-0.05, 0) is 89.1 Å². The Hall–Kier alpha value is -2.83. The predicted molar refractivity (Wildman–Crippen MR) is 151 cm³/mol. The average Bonchev–Trinajstić information content (AvgIpc) is 3.71. The molecule has 1 unspecified atom stereocenters. The van der Waals surface area contributed by atoms with Gasteiger partial charge in [-0.3, -0.25) is 0 Å². The van der Waals surface area contributed by atoms with E-state index in [4.69, 9.17) is 11.6 Å². The Morgan fingerprint density at radius 3 is 1.86 bits per heavy atom. The first-order valence-corrected chi connectivity index (χ1v) is 13.4. The smallest absolute Gasteiger partial charge is 0.0441 e. The summed E-state index contributed by atoms with van der Waals surface area (Å²) in [4.78, 5) is 0. The zero-order chi connectivity index (χ0) is 24.4. The van der Waals surface area contributed by atoms with Crippen molar-refractivity contribution in [3.63, 3.8) is 0 Å². The van der Waals surface area contributed by atoms with Crippen LogP contribution in [0.2, 0.25) is 5.02 Å². The van der Waals surface area contributed by atoms with Crippen LogP contribution < -0.4 is 0 Å². The summed E-state index contributed by atoms with van der Waals surface area (Å²) in [6.07, 6.45) is 6.19. The molecule has 0 N–H and O–H groups in total. The first-order chi connectivity index (χ1) is 17.0. The fourth-order valence-corrected chi connectivity index (χ4v) is 5.58. The molecule has 5 rings (SSSR count). The van der Waals surface area contributed by atoms with Crippen LogP contribution in [0.1, 0.15) is 67.7 Å². The summed E-state index contributed by atoms with van der Waals surface area (Å²) >= 11 is 6.36. The van der Waals surface area contributed by atoms with Crippen molar-refractivity contribution in [3.05, 3.63) is 118 Å². The summed E-state index contributed by atoms with van der Waals surface area (Å²) in [5.41, 5.74) is 10.7. The van der Waals surface area contributed by atoms with Crippen LogP contribution in [0, 0.1) is 6.92 Å². The van der Waals surface area contributed by atoms with Crippen molar-refractivity contribution in [1.29, 1.82) is 0 Å². The number of halogens is 1. The van der Waals surface area contributed by atoms with Crippen LogP contribution in [0.4, 0.5) is 0 Å². The van der Waals surface area contributed by atoms with Gasteiger partial charge in [-0.25, -0.2) is 0 Å². The monoisotopic (exact) mass is 478 g/mol. The first-order valence-electron chi connectivity index (χ1n) is 13.1. The van der Waals surface area contributed by atoms with E-state index in [2.05, 4.69) is 105 Å². The van der Waals surface area contributed by atoms with Gasteiger partial charge in [0.25, 0.3) is 0 Å². The molecule has 178 valence electrons. The molecule has 4 aromatic carbocycles. The lowest BCUT2D eigenvalue weighted by molar-refractivity contribution is 0.564. The molecule has 1 fully saturated rings. The second-order valence-electron chi connectivity index (χ2n) is 10.3. The minimum Gasteiger partial charge on any atom is -0.0840 e. The molecule has 1 saturated carbocycles. The van der Waals surface area contributed by atoms with E-state index in [1.54, 1.807) is 0 Å². The second kappa shape index (κ2) is 10.0. The Morgan fingerprint density at radius 1 is 0.743 bits per heavy atom. The molecule has 1 heteroatoms. The number of rotatable bonds is 8. The zero-order valence-electron chi connectivity index (χ0n) is 21.2. The minimum absolute atomic E-state index is 0.256. The van der Waals surface area contributed by atoms with Crippen molar-refractivity contribution < 1.29 is 0 Å². The highest BCUT2D eigenvalue weighted by Crippen LogP contribution is 2.57. The van der Waals surface area contributed by atoms with Gasteiger partial charge >= 0.3 is 0 Å². The molecule has 35 heavy (non-hydrogen) atoms. The largest absolute Gasteiger partial charge is 0.0840 e. The summed E-state index contributed by atoms with van der Waals surface area (Å²) in [6.45, 7) is 6.70. The molecule has 0 radical (unpaired) electrons. The van der Waals surface area contributed by atoms with Gasteiger partial charge in [0.1, 0.15) is 0 Å². The molecule has 1 aliphatic carbocycles. The maximum atomic E-state index is 6.36. The van der Waals surface area contributed by atoms with E-state index >= 15 is 0 Å². The van der Waals surface area contributed by atoms with Gasteiger partial charge < -0.3 is 0 Å². The summed E-state index contributed by atoms with van der Waals surface area (Å²) in [5.74, 6) is 0.493. The van der Waals surface area contributed by atoms with Crippen molar-refractivity contribution >= 4 is 11.6 Å². The molecule has 1 atom stereocenters. The van der Waals surface area contributed by atoms with E-state index in [0.29, 0.717) is 5.92 Å². The van der Waals surface area contributed by atoms with Gasteiger partial charge in [0.15, 0.2) is 0 Å². The molecule has 0 saturated heterocycles. The van der Waals surface area contributed by atoms with E-state index in [9.17, 15) is 0 Å². The van der Waals surface area contributed by atoms with Crippen molar-refractivity contribution in [2.75, 3.05) is 0 Å². The first kappa shape index (κ1) is 23.9. The van der Waals surface area contributed by atoms with Crippen LogP contribution in [0.5, 0.6) is 0 Å². The highest BCUT2D eigenvalue weighted by atomic mass is 35.5. The quantitative estimate of drug-likeness (QED) is 0.236. The number of hydrogen-bond donors (Lipinski definition) is 0. The molecule has 0 aliphatic heterocycles. The highest BCUT2D eigenvalue weighted by Gasteiger charge is 2.49. The lowest BCUT2D eigenvalue weighted by Gasteiger charge is -2.25. The van der Waals surface area contributed by atoms with Crippen molar-refractivity contribution in [1.82, 2.24) is 0 Å². The van der Waals surface area contributed by atoms with Gasteiger partial charge in [0.05, 0.1) is 0 Å². The molecular weight excluding hydrogens is 444 g/mol. The third kappa shape index (κ3) is 4.95. The van der Waals surface area contributed by atoms with E-state index in [0.717, 1.165) is 10.6 Å². The van der Waals surface area contributed by atoms with Gasteiger partial charge in [-0.1, -0.05) is 117 Å². The molecule has 0 bridgehead atoms. The maximum Gasteiger partial charge on any atom is 0.0441 e. The summed E-state index contributed by atoms with van der Waals surface area (Å²) in [7, 11) is 0. The van der Waals surface area contributed by atoms with Crippen LogP contribution in [-0.4, -0.2) is 0 Å². The lowest BCUT2D eigenvalue weighted by Crippen LogP contribution is -2.16. The molecule has 0 spiro atoms. The second-order valence-corrected chi connectivity index (χ2v) is 10.7. The average molecular weight is 479 g/mol. The van der Waals surface area contributed by atoms with E-state index in [-0.39, 0.29) is 5.41 Å². The van der Waals surface area contributed by atoms with Crippen molar-refractivity contribution in [3.8, 4) is 22.3 Å². The number of unbranched alkanes of at least 4 members (excludes halogenated alkanes) is 1. The number of aryl methyl sites for hydroxylation is 2. The molecule has 0 nitrogen and oxygen atoms in total. The molecule has 0 amide bonds. The Bertz CT molecular complexity index is 1280. The molecule has 4 aromatic rings. The molecule has 0 aromatic heterocycles. The Kier molecular flexibility index (Phi) is 6.85. The maximum absolute atomic E-state index is 6.36.